The van der Waals surface area contributed by atoms with Gasteiger partial charge in [0, 0.05) is 26.3 Å². The molecule has 2 heterocycles. The van der Waals surface area contributed by atoms with Gasteiger partial charge in [-0.2, -0.15) is 5.10 Å². The Kier molecular flexibility index (Phi) is 2.49. The molecule has 1 aliphatic rings. The molecule has 0 radical (unpaired) electrons. The average molecular weight is 194 g/mol. The normalized spacial score (nSPS) is 17.2. The second-order valence-electron chi connectivity index (χ2n) is 3.48. The van der Waals surface area contributed by atoms with E-state index in [0.29, 0.717) is 5.69 Å². The van der Waals surface area contributed by atoms with Crippen LogP contribution in [0.15, 0.2) is 12.3 Å². The number of aryl methyl sites for hydroxylation is 1. The molecule has 0 bridgehead atoms. The second kappa shape index (κ2) is 3.79. The van der Waals surface area contributed by atoms with Crippen LogP contribution in [-0.4, -0.2) is 33.8 Å². The predicted octanol–water partition coefficient (Wildman–Crippen LogP) is 0.161. The van der Waals surface area contributed by atoms with Crippen LogP contribution in [0.5, 0.6) is 0 Å². The number of carbonyl (C=O) groups is 1. The molecule has 0 saturated carbocycles. The summed E-state index contributed by atoms with van der Waals surface area (Å²) < 4.78 is 1.57. The average Bonchev–Trinajstić information content (AvgIpc) is 2.75. The third-order valence-electron chi connectivity index (χ3n) is 2.42. The van der Waals surface area contributed by atoms with Crippen molar-refractivity contribution in [2.45, 2.75) is 12.8 Å². The van der Waals surface area contributed by atoms with Crippen molar-refractivity contribution in [1.29, 1.82) is 0 Å². The van der Waals surface area contributed by atoms with Gasteiger partial charge in [-0.05, 0) is 18.9 Å². The smallest absolute Gasteiger partial charge is 0.283 e. The van der Waals surface area contributed by atoms with Crippen molar-refractivity contribution in [3.05, 3.63) is 18.0 Å². The molecule has 5 nitrogen and oxygen atoms in total. The van der Waals surface area contributed by atoms with Gasteiger partial charge in [-0.15, -0.1) is 0 Å². The molecule has 1 saturated heterocycles. The van der Waals surface area contributed by atoms with E-state index in [1.165, 1.54) is 0 Å². The summed E-state index contributed by atoms with van der Waals surface area (Å²) in [5.41, 5.74) is 3.45. The van der Waals surface area contributed by atoms with Crippen LogP contribution in [0.25, 0.3) is 0 Å². The Morgan fingerprint density at radius 3 is 2.79 bits per heavy atom. The van der Waals surface area contributed by atoms with Crippen LogP contribution in [0.2, 0.25) is 0 Å². The Morgan fingerprint density at radius 2 is 2.21 bits per heavy atom. The Hall–Kier alpha value is -1.36. The Labute approximate surface area is 82.7 Å². The topological polar surface area (TPSA) is 50.2 Å². The van der Waals surface area contributed by atoms with Gasteiger partial charge in [-0.1, -0.05) is 0 Å². The fourth-order valence-corrected chi connectivity index (χ4v) is 1.63. The number of hydrogen-bond donors (Lipinski definition) is 1. The first kappa shape index (κ1) is 9.21. The Bertz CT molecular complexity index is 327. The summed E-state index contributed by atoms with van der Waals surface area (Å²) in [5, 5.41) is 5.90. The number of carbonyl (C=O) groups excluding carboxylic acids is 1. The molecule has 1 aromatic heterocycles. The molecule has 0 spiro atoms. The number of nitrogens with zero attached hydrogens (tertiary/aromatic N) is 3. The fraction of sp³-hybridized carbons (Fsp3) is 0.556. The van der Waals surface area contributed by atoms with Gasteiger partial charge in [-0.3, -0.25) is 14.9 Å². The third-order valence-corrected chi connectivity index (χ3v) is 2.42. The summed E-state index contributed by atoms with van der Waals surface area (Å²) in [7, 11) is 1.76. The second-order valence-corrected chi connectivity index (χ2v) is 3.48. The highest BCUT2D eigenvalue weighted by Crippen LogP contribution is 2.05. The minimum Gasteiger partial charge on any atom is -0.283 e. The van der Waals surface area contributed by atoms with Crippen LogP contribution in [0, 0.1) is 0 Å². The van der Waals surface area contributed by atoms with Gasteiger partial charge in [-0.25, -0.2) is 5.01 Å². The number of rotatable bonds is 2. The summed E-state index contributed by atoms with van der Waals surface area (Å²) in [6.45, 7) is 1.90. The lowest BCUT2D eigenvalue weighted by Crippen LogP contribution is -2.40. The largest absolute Gasteiger partial charge is 0.283 e. The fourth-order valence-electron chi connectivity index (χ4n) is 1.63. The van der Waals surface area contributed by atoms with Crippen molar-refractivity contribution in [1.82, 2.24) is 20.2 Å². The monoisotopic (exact) mass is 194 g/mol. The maximum atomic E-state index is 11.7. The van der Waals surface area contributed by atoms with Gasteiger partial charge in [0.05, 0.1) is 0 Å². The van der Waals surface area contributed by atoms with Crippen LogP contribution in [0.1, 0.15) is 23.3 Å². The lowest BCUT2D eigenvalue weighted by Gasteiger charge is -2.15. The van der Waals surface area contributed by atoms with Crippen LogP contribution < -0.4 is 5.43 Å². The quantitative estimate of drug-likeness (QED) is 0.729. The van der Waals surface area contributed by atoms with E-state index >= 15 is 0 Å². The molecule has 0 unspecified atom stereocenters. The molecule has 1 N–H and O–H groups in total. The van der Waals surface area contributed by atoms with Crippen LogP contribution >= 0.6 is 0 Å². The molecular formula is C9H14N4O. The molecule has 14 heavy (non-hydrogen) atoms. The van der Waals surface area contributed by atoms with Gasteiger partial charge in [0.1, 0.15) is 5.69 Å². The summed E-state index contributed by atoms with van der Waals surface area (Å²) in [5.74, 6) is -0.0769. The maximum Gasteiger partial charge on any atom is 0.283 e. The Morgan fingerprint density at radius 1 is 1.50 bits per heavy atom. The van der Waals surface area contributed by atoms with E-state index in [-0.39, 0.29) is 5.91 Å². The van der Waals surface area contributed by atoms with Crippen molar-refractivity contribution in [3.63, 3.8) is 0 Å². The summed E-state index contributed by atoms with van der Waals surface area (Å²) in [6, 6.07) is 1.71. The van der Waals surface area contributed by atoms with Crippen molar-refractivity contribution in [3.8, 4) is 0 Å². The van der Waals surface area contributed by atoms with E-state index in [9.17, 15) is 4.79 Å². The zero-order valence-corrected chi connectivity index (χ0v) is 8.23. The van der Waals surface area contributed by atoms with Crippen LogP contribution in [-0.2, 0) is 7.05 Å². The molecule has 0 atom stereocenters. The zero-order chi connectivity index (χ0) is 9.97. The third kappa shape index (κ3) is 1.77. The number of nitrogens with one attached hydrogen (secondary N) is 1. The summed E-state index contributed by atoms with van der Waals surface area (Å²) in [6.07, 6.45) is 3.94. The first-order chi connectivity index (χ1) is 6.77. The summed E-state index contributed by atoms with van der Waals surface area (Å²) >= 11 is 0. The minimum absolute atomic E-state index is 0.0769. The van der Waals surface area contributed by atoms with E-state index in [4.69, 9.17) is 0 Å². The molecule has 1 amide bonds. The van der Waals surface area contributed by atoms with Gasteiger partial charge in [0.25, 0.3) is 5.91 Å². The zero-order valence-electron chi connectivity index (χ0n) is 8.23. The van der Waals surface area contributed by atoms with E-state index in [1.54, 1.807) is 24.0 Å². The van der Waals surface area contributed by atoms with Crippen molar-refractivity contribution in [2.75, 3.05) is 13.1 Å². The van der Waals surface area contributed by atoms with Gasteiger partial charge in [0.2, 0.25) is 0 Å². The first-order valence-corrected chi connectivity index (χ1v) is 4.81. The molecule has 5 heteroatoms. The van der Waals surface area contributed by atoms with E-state index in [0.717, 1.165) is 25.9 Å². The minimum atomic E-state index is -0.0769. The van der Waals surface area contributed by atoms with Gasteiger partial charge in [0.15, 0.2) is 0 Å². The van der Waals surface area contributed by atoms with Crippen LogP contribution in [0.3, 0.4) is 0 Å². The number of aromatic nitrogens is 2. The summed E-state index contributed by atoms with van der Waals surface area (Å²) in [4.78, 5) is 11.7. The van der Waals surface area contributed by atoms with E-state index in [2.05, 4.69) is 10.5 Å². The number of amides is 1. The van der Waals surface area contributed by atoms with Crippen molar-refractivity contribution < 1.29 is 4.79 Å². The maximum absolute atomic E-state index is 11.7. The molecule has 0 aromatic carbocycles. The SMILES string of the molecule is Cn1nccc1C(=O)NN1CCCC1. The number of hydrazine groups is 1. The highest BCUT2D eigenvalue weighted by molar-refractivity contribution is 5.92. The molecule has 1 aliphatic heterocycles. The van der Waals surface area contributed by atoms with E-state index < -0.39 is 0 Å². The predicted molar refractivity (Wildman–Crippen MR) is 51.5 cm³/mol. The molecule has 2 rings (SSSR count). The van der Waals surface area contributed by atoms with E-state index in [1.807, 2.05) is 5.01 Å². The molecule has 76 valence electrons. The molecule has 0 aliphatic carbocycles. The van der Waals surface area contributed by atoms with Crippen LogP contribution in [0.4, 0.5) is 0 Å². The molecule has 1 aromatic rings. The standard InChI is InChI=1S/C9H14N4O/c1-12-8(4-5-10-12)9(14)11-13-6-2-3-7-13/h4-5H,2-3,6-7H2,1H3,(H,11,14). The number of hydrogen-bond acceptors (Lipinski definition) is 3. The Balaban J connectivity index is 1.98. The van der Waals surface area contributed by atoms with Crippen molar-refractivity contribution >= 4 is 5.91 Å². The molecular weight excluding hydrogens is 180 g/mol. The lowest BCUT2D eigenvalue weighted by molar-refractivity contribution is 0.0815. The first-order valence-electron chi connectivity index (χ1n) is 4.81. The van der Waals surface area contributed by atoms with Gasteiger partial charge < -0.3 is 0 Å². The lowest BCUT2D eigenvalue weighted by atomic mass is 10.4. The molecule has 1 fully saturated rings. The highest BCUT2D eigenvalue weighted by atomic mass is 16.2. The van der Waals surface area contributed by atoms with Crippen molar-refractivity contribution in [2.24, 2.45) is 7.05 Å². The highest BCUT2D eigenvalue weighted by Gasteiger charge is 2.16. The van der Waals surface area contributed by atoms with Gasteiger partial charge >= 0.3 is 0 Å².